The first-order chi connectivity index (χ1) is 10.0. The molecule has 21 heavy (non-hydrogen) atoms. The van der Waals surface area contributed by atoms with E-state index in [4.69, 9.17) is 0 Å². The van der Waals surface area contributed by atoms with Crippen LogP contribution < -0.4 is 0 Å². The lowest BCUT2D eigenvalue weighted by atomic mass is 10.2. The van der Waals surface area contributed by atoms with Crippen molar-refractivity contribution < 1.29 is 13.2 Å². The number of aromatic nitrogens is 1. The molecule has 2 aromatic carbocycles. The van der Waals surface area contributed by atoms with Gasteiger partial charge in [-0.2, -0.15) is 0 Å². The molecule has 0 N–H and O–H groups in total. The van der Waals surface area contributed by atoms with Gasteiger partial charge in [-0.05, 0) is 31.2 Å². The summed E-state index contributed by atoms with van der Waals surface area (Å²) in [5, 5.41) is 0.774. The van der Waals surface area contributed by atoms with E-state index in [1.807, 2.05) is 6.92 Å². The van der Waals surface area contributed by atoms with E-state index in [2.05, 4.69) is 0 Å². The minimum Gasteiger partial charge on any atom is -0.298 e. The van der Waals surface area contributed by atoms with Crippen LogP contribution in [0.4, 0.5) is 0 Å². The zero-order chi connectivity index (χ0) is 15.0. The van der Waals surface area contributed by atoms with Crippen molar-refractivity contribution >= 4 is 27.2 Å². The highest BCUT2D eigenvalue weighted by atomic mass is 32.2. The number of nitrogens with zero attached hydrogens (tertiary/aromatic N) is 1. The summed E-state index contributed by atoms with van der Waals surface area (Å²) >= 11 is 0. The largest absolute Gasteiger partial charge is 0.298 e. The second kappa shape index (κ2) is 4.86. The van der Waals surface area contributed by atoms with Crippen LogP contribution in [0.5, 0.6) is 0 Å². The van der Waals surface area contributed by atoms with Crippen molar-refractivity contribution in [1.82, 2.24) is 3.97 Å². The molecule has 0 aliphatic heterocycles. The number of carbonyl (C=O) groups is 1. The second-order valence-electron chi connectivity index (χ2n) is 4.87. The molecule has 0 fully saturated rings. The Morgan fingerprint density at radius 1 is 1.00 bits per heavy atom. The van der Waals surface area contributed by atoms with Crippen LogP contribution in [-0.2, 0) is 10.0 Å². The van der Waals surface area contributed by atoms with Crippen LogP contribution in [0.1, 0.15) is 15.9 Å². The summed E-state index contributed by atoms with van der Waals surface area (Å²) in [6, 6.07) is 13.4. The van der Waals surface area contributed by atoms with Gasteiger partial charge < -0.3 is 0 Å². The van der Waals surface area contributed by atoms with E-state index >= 15 is 0 Å². The maximum absolute atomic E-state index is 12.7. The van der Waals surface area contributed by atoms with Crippen LogP contribution in [-0.4, -0.2) is 18.7 Å². The van der Waals surface area contributed by atoms with Gasteiger partial charge in [0.05, 0.1) is 10.4 Å². The zero-order valence-corrected chi connectivity index (χ0v) is 12.2. The van der Waals surface area contributed by atoms with E-state index in [0.29, 0.717) is 17.4 Å². The molecule has 0 saturated carbocycles. The number of fused-ring (bicyclic) bond motifs is 1. The van der Waals surface area contributed by atoms with Gasteiger partial charge in [-0.3, -0.25) is 4.79 Å². The Balaban J connectivity index is 2.23. The maximum Gasteiger partial charge on any atom is 0.268 e. The lowest BCUT2D eigenvalue weighted by molar-refractivity contribution is 0.112. The average molecular weight is 299 g/mol. The van der Waals surface area contributed by atoms with Gasteiger partial charge in [-0.15, -0.1) is 0 Å². The molecule has 0 atom stereocenters. The summed E-state index contributed by atoms with van der Waals surface area (Å²) in [5.74, 6) is 0. The number of aryl methyl sites for hydroxylation is 1. The fourth-order valence-corrected chi connectivity index (χ4v) is 3.57. The summed E-state index contributed by atoms with van der Waals surface area (Å²) in [4.78, 5) is 11.1. The molecule has 5 heteroatoms. The normalized spacial score (nSPS) is 11.7. The van der Waals surface area contributed by atoms with E-state index < -0.39 is 10.0 Å². The highest BCUT2D eigenvalue weighted by Crippen LogP contribution is 2.23. The third-order valence-electron chi connectivity index (χ3n) is 3.40. The fraction of sp³-hybridized carbons (Fsp3) is 0.0625. The molecule has 3 rings (SSSR count). The quantitative estimate of drug-likeness (QED) is 0.699. The first-order valence-corrected chi connectivity index (χ1v) is 7.85. The number of aldehydes is 1. The van der Waals surface area contributed by atoms with Crippen LogP contribution in [0, 0.1) is 6.92 Å². The van der Waals surface area contributed by atoms with Crippen LogP contribution in [0.2, 0.25) is 0 Å². The number of rotatable bonds is 3. The number of hydrogen-bond acceptors (Lipinski definition) is 3. The SMILES string of the molecule is Cc1ccc(S(=O)(=O)n2ccc3ccc(C=O)cc32)cc1. The predicted octanol–water partition coefficient (Wildman–Crippen LogP) is 3.00. The van der Waals surface area contributed by atoms with E-state index in [9.17, 15) is 13.2 Å². The van der Waals surface area contributed by atoms with Crippen molar-refractivity contribution in [3.63, 3.8) is 0 Å². The Bertz CT molecular complexity index is 922. The summed E-state index contributed by atoms with van der Waals surface area (Å²) in [7, 11) is -3.66. The number of hydrogen-bond donors (Lipinski definition) is 0. The van der Waals surface area contributed by atoms with Gasteiger partial charge in [0.25, 0.3) is 10.0 Å². The average Bonchev–Trinajstić information content (AvgIpc) is 2.91. The standard InChI is InChI=1S/C16H13NO3S/c1-12-2-6-15(7-3-12)21(19,20)17-9-8-14-5-4-13(11-18)10-16(14)17/h2-11H,1H3. The van der Waals surface area contributed by atoms with Gasteiger partial charge in [0, 0.05) is 17.1 Å². The smallest absolute Gasteiger partial charge is 0.268 e. The topological polar surface area (TPSA) is 56.1 Å². The number of carbonyl (C=O) groups excluding carboxylic acids is 1. The first-order valence-electron chi connectivity index (χ1n) is 6.41. The summed E-state index contributed by atoms with van der Waals surface area (Å²) in [6.45, 7) is 1.90. The predicted molar refractivity (Wildman–Crippen MR) is 81.1 cm³/mol. The first kappa shape index (κ1) is 13.6. The summed E-state index contributed by atoms with van der Waals surface area (Å²) < 4.78 is 26.6. The Morgan fingerprint density at radius 3 is 2.38 bits per heavy atom. The molecule has 0 aliphatic carbocycles. The molecular formula is C16H13NO3S. The molecule has 0 saturated heterocycles. The molecular weight excluding hydrogens is 286 g/mol. The molecule has 0 bridgehead atoms. The van der Waals surface area contributed by atoms with Crippen molar-refractivity contribution in [3.05, 3.63) is 65.9 Å². The Kier molecular flexibility index (Phi) is 3.14. The van der Waals surface area contributed by atoms with Crippen molar-refractivity contribution in [3.8, 4) is 0 Å². The highest BCUT2D eigenvalue weighted by Gasteiger charge is 2.18. The van der Waals surface area contributed by atoms with E-state index in [1.165, 1.54) is 10.2 Å². The molecule has 0 spiro atoms. The molecule has 106 valence electrons. The van der Waals surface area contributed by atoms with Crippen molar-refractivity contribution in [1.29, 1.82) is 0 Å². The van der Waals surface area contributed by atoms with Crippen LogP contribution in [0.25, 0.3) is 10.9 Å². The molecule has 0 unspecified atom stereocenters. The lowest BCUT2D eigenvalue weighted by Gasteiger charge is -2.08. The summed E-state index contributed by atoms with van der Waals surface area (Å²) in [6.07, 6.45) is 2.21. The van der Waals surface area contributed by atoms with E-state index in [0.717, 1.165) is 10.9 Å². The highest BCUT2D eigenvalue weighted by molar-refractivity contribution is 7.90. The van der Waals surface area contributed by atoms with Gasteiger partial charge in [0.2, 0.25) is 0 Å². The van der Waals surface area contributed by atoms with Crippen molar-refractivity contribution in [2.45, 2.75) is 11.8 Å². The van der Waals surface area contributed by atoms with Gasteiger partial charge in [-0.1, -0.05) is 29.8 Å². The Morgan fingerprint density at radius 2 is 1.71 bits per heavy atom. The zero-order valence-electron chi connectivity index (χ0n) is 11.4. The molecule has 1 aromatic heterocycles. The van der Waals surface area contributed by atoms with E-state index in [-0.39, 0.29) is 4.90 Å². The van der Waals surface area contributed by atoms with Crippen LogP contribution in [0.15, 0.2) is 59.6 Å². The summed E-state index contributed by atoms with van der Waals surface area (Å²) in [5.41, 5.74) is 1.94. The second-order valence-corrected chi connectivity index (χ2v) is 6.68. The molecule has 0 radical (unpaired) electrons. The molecule has 1 heterocycles. The fourth-order valence-electron chi connectivity index (χ4n) is 2.23. The van der Waals surface area contributed by atoms with E-state index in [1.54, 1.807) is 48.5 Å². The van der Waals surface area contributed by atoms with Gasteiger partial charge in [0.1, 0.15) is 6.29 Å². The number of benzene rings is 2. The molecule has 3 aromatic rings. The van der Waals surface area contributed by atoms with Gasteiger partial charge in [-0.25, -0.2) is 12.4 Å². The minimum atomic E-state index is -3.66. The van der Waals surface area contributed by atoms with Crippen LogP contribution in [0.3, 0.4) is 0 Å². The van der Waals surface area contributed by atoms with Gasteiger partial charge >= 0.3 is 0 Å². The third-order valence-corrected chi connectivity index (χ3v) is 5.10. The van der Waals surface area contributed by atoms with Crippen molar-refractivity contribution in [2.24, 2.45) is 0 Å². The monoisotopic (exact) mass is 299 g/mol. The van der Waals surface area contributed by atoms with Crippen LogP contribution >= 0.6 is 0 Å². The van der Waals surface area contributed by atoms with Gasteiger partial charge in [0.15, 0.2) is 0 Å². The molecule has 0 aliphatic rings. The Hall–Kier alpha value is -2.40. The maximum atomic E-state index is 12.7. The molecule has 0 amide bonds. The lowest BCUT2D eigenvalue weighted by Crippen LogP contribution is -2.11. The minimum absolute atomic E-state index is 0.224. The third kappa shape index (κ3) is 2.25. The van der Waals surface area contributed by atoms with Crippen molar-refractivity contribution in [2.75, 3.05) is 0 Å². The Labute approximate surface area is 122 Å². The molecule has 4 nitrogen and oxygen atoms in total.